The van der Waals surface area contributed by atoms with E-state index in [9.17, 15) is 18.5 Å². The number of primary sulfonamides is 1. The van der Waals surface area contributed by atoms with E-state index in [0.29, 0.717) is 26.9 Å². The van der Waals surface area contributed by atoms with Gasteiger partial charge < -0.3 is 5.32 Å². The molecular formula is C23H19ClN6O3S2. The number of terminal acetylenes is 1. The molecule has 1 fully saturated rings. The number of carbonyl (C=O) groups is 1. The maximum atomic E-state index is 12.5. The maximum absolute atomic E-state index is 12.5. The molecular weight excluding hydrogens is 508 g/mol. The molecule has 0 spiro atoms. The number of hydrogen-bond donors (Lipinski definition) is 3. The third-order valence-electron chi connectivity index (χ3n) is 5.48. The van der Waals surface area contributed by atoms with Gasteiger partial charge in [0.2, 0.25) is 10.0 Å². The first-order valence-corrected chi connectivity index (χ1v) is 13.3. The molecule has 0 radical (unpaired) electrons. The van der Waals surface area contributed by atoms with Gasteiger partial charge in [0, 0.05) is 27.7 Å². The van der Waals surface area contributed by atoms with Crippen molar-refractivity contribution in [2.75, 3.05) is 11.1 Å². The highest BCUT2D eigenvalue weighted by Gasteiger charge is 2.47. The van der Waals surface area contributed by atoms with E-state index in [0.717, 1.165) is 18.4 Å². The largest absolute Gasteiger partial charge is 0.330 e. The molecule has 1 unspecified atom stereocenters. The quantitative estimate of drug-likeness (QED) is 0.400. The van der Waals surface area contributed by atoms with E-state index in [1.165, 1.54) is 11.3 Å². The predicted molar refractivity (Wildman–Crippen MR) is 134 cm³/mol. The number of rotatable bonds is 7. The zero-order chi connectivity index (χ0) is 25.2. The van der Waals surface area contributed by atoms with Crippen LogP contribution in [-0.4, -0.2) is 30.2 Å². The first kappa shape index (κ1) is 24.6. The van der Waals surface area contributed by atoms with Crippen molar-refractivity contribution in [2.24, 2.45) is 5.14 Å². The number of carbonyl (C=O) groups excluding carboxylic acids is 1. The van der Waals surface area contributed by atoms with Crippen molar-refractivity contribution in [3.8, 4) is 29.5 Å². The number of nitrogens with two attached hydrogens (primary N) is 1. The van der Waals surface area contributed by atoms with Crippen molar-refractivity contribution in [1.82, 2.24) is 15.3 Å². The van der Waals surface area contributed by atoms with E-state index < -0.39 is 33.3 Å². The topological polar surface area (TPSA) is 151 Å². The number of nitrogens with zero attached hydrogens (tertiary/aromatic N) is 3. The van der Waals surface area contributed by atoms with Crippen LogP contribution >= 0.6 is 22.9 Å². The lowest BCUT2D eigenvalue weighted by molar-refractivity contribution is 0.249. The Bertz CT molecular complexity index is 1490. The molecule has 12 heteroatoms. The lowest BCUT2D eigenvalue weighted by atomic mass is 9.93. The molecule has 1 saturated carbocycles. The summed E-state index contributed by atoms with van der Waals surface area (Å²) >= 11 is 7.78. The molecule has 1 aliphatic carbocycles. The summed E-state index contributed by atoms with van der Waals surface area (Å²) in [5.41, 5.74) is 1.83. The molecule has 178 valence electrons. The average molecular weight is 527 g/mol. The Labute approximate surface area is 211 Å². The summed E-state index contributed by atoms with van der Waals surface area (Å²) in [6.45, 7) is 0. The minimum atomic E-state index is -3.96. The van der Waals surface area contributed by atoms with Crippen LogP contribution in [0.3, 0.4) is 0 Å². The third kappa shape index (κ3) is 5.61. The minimum Gasteiger partial charge on any atom is -0.330 e. The number of thiazole rings is 1. The van der Waals surface area contributed by atoms with Crippen LogP contribution in [0, 0.1) is 23.7 Å². The fraction of sp³-hybridized carbons (Fsp3) is 0.217. The van der Waals surface area contributed by atoms with Gasteiger partial charge in [-0.2, -0.15) is 5.26 Å². The van der Waals surface area contributed by atoms with Crippen molar-refractivity contribution in [3.05, 3.63) is 63.2 Å². The van der Waals surface area contributed by atoms with Crippen molar-refractivity contribution < 1.29 is 13.2 Å². The van der Waals surface area contributed by atoms with Gasteiger partial charge in [-0.05, 0) is 36.5 Å². The Hall–Kier alpha value is -3.48. The average Bonchev–Trinajstić information content (AvgIpc) is 3.49. The first-order chi connectivity index (χ1) is 16.6. The van der Waals surface area contributed by atoms with Gasteiger partial charge in [-0.1, -0.05) is 29.8 Å². The smallest absolute Gasteiger partial charge is 0.320 e. The number of nitrogens with one attached hydrogen (secondary N) is 2. The molecule has 1 aliphatic rings. The maximum Gasteiger partial charge on any atom is 0.320 e. The summed E-state index contributed by atoms with van der Waals surface area (Å²) in [7, 11) is -3.96. The van der Waals surface area contributed by atoms with Crippen molar-refractivity contribution >= 4 is 44.8 Å². The molecule has 0 saturated heterocycles. The monoisotopic (exact) mass is 526 g/mol. The van der Waals surface area contributed by atoms with E-state index in [1.807, 2.05) is 6.07 Å². The lowest BCUT2D eigenvalue weighted by Gasteiger charge is -2.20. The van der Waals surface area contributed by atoms with Crippen LogP contribution in [0.1, 0.15) is 35.1 Å². The summed E-state index contributed by atoms with van der Waals surface area (Å²) in [6.07, 6.45) is 8.37. The number of nitriles is 1. The highest BCUT2D eigenvalue weighted by atomic mass is 35.5. The van der Waals surface area contributed by atoms with Gasteiger partial charge in [0.15, 0.2) is 5.01 Å². The molecule has 9 nitrogen and oxygen atoms in total. The van der Waals surface area contributed by atoms with Gasteiger partial charge in [-0.25, -0.2) is 23.3 Å². The number of aromatic nitrogens is 2. The molecule has 1 aromatic carbocycles. The Morgan fingerprint density at radius 1 is 1.34 bits per heavy atom. The zero-order valence-electron chi connectivity index (χ0n) is 18.2. The number of pyridine rings is 1. The van der Waals surface area contributed by atoms with Crippen LogP contribution < -0.4 is 15.8 Å². The van der Waals surface area contributed by atoms with Gasteiger partial charge in [-0.15, -0.1) is 17.8 Å². The van der Waals surface area contributed by atoms with Gasteiger partial charge in [-0.3, -0.25) is 10.3 Å². The minimum absolute atomic E-state index is 0.235. The number of halogens is 1. The van der Waals surface area contributed by atoms with Crippen molar-refractivity contribution in [2.45, 2.75) is 24.3 Å². The molecule has 2 amide bonds. The molecule has 2 aromatic heterocycles. The highest BCUT2D eigenvalue weighted by molar-refractivity contribution is 7.89. The summed E-state index contributed by atoms with van der Waals surface area (Å²) in [5, 5.41) is 22.3. The number of sulfonamides is 1. The normalized spacial score (nSPS) is 14.9. The Morgan fingerprint density at radius 2 is 2.11 bits per heavy atom. The summed E-state index contributed by atoms with van der Waals surface area (Å²) in [4.78, 5) is 21.0. The first-order valence-electron chi connectivity index (χ1n) is 10.3. The van der Waals surface area contributed by atoms with E-state index in [2.05, 4.69) is 32.6 Å². The van der Waals surface area contributed by atoms with E-state index in [4.69, 9.17) is 23.2 Å². The number of urea groups is 1. The molecule has 0 bridgehead atoms. The molecule has 4 N–H and O–H groups in total. The third-order valence-corrected chi connectivity index (χ3v) is 7.37. The van der Waals surface area contributed by atoms with Crippen LogP contribution in [0.15, 0.2) is 41.9 Å². The number of benzene rings is 1. The highest BCUT2D eigenvalue weighted by Crippen LogP contribution is 2.50. The Balaban J connectivity index is 1.62. The number of amides is 2. The van der Waals surface area contributed by atoms with Gasteiger partial charge in [0.25, 0.3) is 0 Å². The summed E-state index contributed by atoms with van der Waals surface area (Å²) < 4.78 is 23.7. The SMILES string of the molecule is C#Cc1nc(NC(=O)NC(CS(N)(=O)=O)c2ccc(-c3cccnc3C3(C#N)CC3)c(Cl)c2)cs1. The van der Waals surface area contributed by atoms with Crippen LogP contribution in [0.25, 0.3) is 11.1 Å². The second kappa shape index (κ2) is 9.64. The van der Waals surface area contributed by atoms with E-state index in [1.54, 1.807) is 35.8 Å². The predicted octanol–water partition coefficient (Wildman–Crippen LogP) is 3.55. The zero-order valence-corrected chi connectivity index (χ0v) is 20.5. The van der Waals surface area contributed by atoms with Gasteiger partial charge >= 0.3 is 6.03 Å². The van der Waals surface area contributed by atoms with Crippen molar-refractivity contribution in [3.63, 3.8) is 0 Å². The van der Waals surface area contributed by atoms with Crippen LogP contribution in [0.4, 0.5) is 10.6 Å². The van der Waals surface area contributed by atoms with Crippen LogP contribution in [0.5, 0.6) is 0 Å². The molecule has 0 aliphatic heterocycles. The lowest BCUT2D eigenvalue weighted by Crippen LogP contribution is -2.37. The van der Waals surface area contributed by atoms with E-state index in [-0.39, 0.29) is 5.82 Å². The Morgan fingerprint density at radius 3 is 2.71 bits per heavy atom. The molecule has 4 rings (SSSR count). The molecule has 1 atom stereocenters. The van der Waals surface area contributed by atoms with Gasteiger partial charge in [0.05, 0.1) is 23.6 Å². The molecule has 3 aromatic rings. The second-order valence-corrected chi connectivity index (χ2v) is 10.9. The van der Waals surface area contributed by atoms with Gasteiger partial charge in [0.1, 0.15) is 11.2 Å². The van der Waals surface area contributed by atoms with E-state index >= 15 is 0 Å². The summed E-state index contributed by atoms with van der Waals surface area (Å²) in [6, 6.07) is 9.19. The standard InChI is InChI=1S/C23H19ClN6O3S2/c1-2-20-29-19(11-34-20)30-22(31)28-18(12-35(26,32)33)14-5-6-15(17(24)10-14)16-4-3-9-27-21(16)23(13-25)7-8-23/h1,3-6,9-11,18H,7-8,12H2,(H2,26,32,33)(H2,28,30,31). The van der Waals surface area contributed by atoms with Crippen LogP contribution in [0.2, 0.25) is 5.02 Å². The fourth-order valence-corrected chi connectivity index (χ4v) is 5.24. The molecule has 2 heterocycles. The second-order valence-electron chi connectivity index (χ2n) is 8.00. The molecule has 35 heavy (non-hydrogen) atoms. The summed E-state index contributed by atoms with van der Waals surface area (Å²) in [5.74, 6) is 2.04. The number of anilines is 1. The van der Waals surface area contributed by atoms with Crippen LogP contribution in [-0.2, 0) is 15.4 Å². The fourth-order valence-electron chi connectivity index (χ4n) is 3.66. The van der Waals surface area contributed by atoms with Crippen molar-refractivity contribution in [1.29, 1.82) is 5.26 Å². The Kier molecular flexibility index (Phi) is 6.79. The number of hydrogen-bond acceptors (Lipinski definition) is 7.